The maximum Gasteiger partial charge on any atom is 0.274 e. The second kappa shape index (κ2) is 8.88. The van der Waals surface area contributed by atoms with Gasteiger partial charge in [-0.05, 0) is 42.8 Å². The van der Waals surface area contributed by atoms with Crippen molar-refractivity contribution in [1.29, 1.82) is 0 Å². The lowest BCUT2D eigenvalue weighted by molar-refractivity contribution is 0.102. The molecular weight excluding hydrogens is 370 g/mol. The van der Waals surface area contributed by atoms with Gasteiger partial charge in [-0.25, -0.2) is 0 Å². The van der Waals surface area contributed by atoms with Gasteiger partial charge in [0.1, 0.15) is 5.69 Å². The Morgan fingerprint density at radius 2 is 1.62 bits per heavy atom. The Bertz CT molecular complexity index is 1050. The minimum Gasteiger partial charge on any atom is -0.493 e. The zero-order valence-corrected chi connectivity index (χ0v) is 16.4. The minimum atomic E-state index is -0.442. The number of amides is 2. The van der Waals surface area contributed by atoms with Gasteiger partial charge in [0.25, 0.3) is 11.8 Å². The number of para-hydroxylation sites is 1. The Hall–Kier alpha value is -3.87. The Balaban J connectivity index is 1.76. The van der Waals surface area contributed by atoms with E-state index in [1.165, 1.54) is 26.5 Å². The zero-order chi connectivity index (χ0) is 20.8. The van der Waals surface area contributed by atoms with Crippen LogP contribution in [-0.4, -0.2) is 31.0 Å². The third-order valence-corrected chi connectivity index (χ3v) is 4.29. The number of nitrogens with zero attached hydrogens (tertiary/aromatic N) is 1. The van der Waals surface area contributed by atoms with E-state index in [4.69, 9.17) is 9.47 Å². The summed E-state index contributed by atoms with van der Waals surface area (Å²) < 4.78 is 10.4. The van der Waals surface area contributed by atoms with E-state index in [1.807, 2.05) is 31.2 Å². The van der Waals surface area contributed by atoms with Gasteiger partial charge in [-0.15, -0.1) is 0 Å². The van der Waals surface area contributed by atoms with E-state index in [2.05, 4.69) is 15.6 Å². The molecule has 0 aliphatic rings. The fraction of sp³-hybridized carbons (Fsp3) is 0.136. The highest BCUT2D eigenvalue weighted by Gasteiger charge is 2.14. The molecule has 0 saturated carbocycles. The average Bonchev–Trinajstić information content (AvgIpc) is 2.75. The van der Waals surface area contributed by atoms with Gasteiger partial charge >= 0.3 is 0 Å². The summed E-state index contributed by atoms with van der Waals surface area (Å²) in [4.78, 5) is 29.2. The lowest BCUT2D eigenvalue weighted by atomic mass is 10.1. The molecule has 0 saturated heterocycles. The molecule has 0 fully saturated rings. The van der Waals surface area contributed by atoms with Gasteiger partial charge < -0.3 is 20.1 Å². The van der Waals surface area contributed by atoms with Gasteiger partial charge in [0, 0.05) is 29.2 Å². The van der Waals surface area contributed by atoms with Gasteiger partial charge in [0.2, 0.25) is 0 Å². The van der Waals surface area contributed by atoms with Gasteiger partial charge in [-0.1, -0.05) is 18.2 Å². The largest absolute Gasteiger partial charge is 0.493 e. The van der Waals surface area contributed by atoms with Crippen molar-refractivity contribution in [3.63, 3.8) is 0 Å². The van der Waals surface area contributed by atoms with E-state index in [0.717, 1.165) is 5.56 Å². The molecule has 0 unspecified atom stereocenters. The number of anilines is 2. The van der Waals surface area contributed by atoms with Gasteiger partial charge in [0.05, 0.1) is 14.2 Å². The third kappa shape index (κ3) is 4.70. The molecule has 2 amide bonds. The van der Waals surface area contributed by atoms with Crippen molar-refractivity contribution in [2.45, 2.75) is 6.92 Å². The second-order valence-corrected chi connectivity index (χ2v) is 6.22. The summed E-state index contributed by atoms with van der Waals surface area (Å²) >= 11 is 0. The van der Waals surface area contributed by atoms with Crippen LogP contribution in [0.15, 0.2) is 60.8 Å². The van der Waals surface area contributed by atoms with E-state index in [1.54, 1.807) is 24.3 Å². The first-order valence-corrected chi connectivity index (χ1v) is 8.88. The number of carbonyl (C=O) groups excluding carboxylic acids is 2. The number of carbonyl (C=O) groups is 2. The zero-order valence-electron chi connectivity index (χ0n) is 16.4. The number of pyridine rings is 1. The number of hydrogen-bond donors (Lipinski definition) is 2. The minimum absolute atomic E-state index is 0.122. The normalized spacial score (nSPS) is 10.2. The highest BCUT2D eigenvalue weighted by molar-refractivity contribution is 6.08. The predicted octanol–water partition coefficient (Wildman–Crippen LogP) is 3.91. The molecule has 0 atom stereocenters. The summed E-state index contributed by atoms with van der Waals surface area (Å²) in [7, 11) is 3.05. The number of ether oxygens (including phenoxy) is 2. The molecule has 1 heterocycles. The van der Waals surface area contributed by atoms with Crippen LogP contribution in [-0.2, 0) is 0 Å². The monoisotopic (exact) mass is 391 g/mol. The van der Waals surface area contributed by atoms with Gasteiger partial charge in [-0.2, -0.15) is 0 Å². The number of methoxy groups -OCH3 is 2. The molecule has 2 aromatic carbocycles. The van der Waals surface area contributed by atoms with Crippen molar-refractivity contribution in [2.24, 2.45) is 0 Å². The molecule has 3 aromatic rings. The Labute approximate surface area is 168 Å². The van der Waals surface area contributed by atoms with Crippen molar-refractivity contribution in [1.82, 2.24) is 4.98 Å². The smallest absolute Gasteiger partial charge is 0.274 e. The lowest BCUT2D eigenvalue weighted by Gasteiger charge is -2.11. The summed E-state index contributed by atoms with van der Waals surface area (Å²) in [5.41, 5.74) is 2.63. The maximum absolute atomic E-state index is 12.6. The molecule has 2 N–H and O–H groups in total. The van der Waals surface area contributed by atoms with Crippen LogP contribution in [0.5, 0.6) is 11.5 Å². The van der Waals surface area contributed by atoms with Crippen LogP contribution in [0.3, 0.4) is 0 Å². The molecule has 7 nitrogen and oxygen atoms in total. The predicted molar refractivity (Wildman–Crippen MR) is 111 cm³/mol. The number of benzene rings is 2. The molecule has 0 aliphatic heterocycles. The van der Waals surface area contributed by atoms with Crippen LogP contribution in [0.2, 0.25) is 0 Å². The van der Waals surface area contributed by atoms with Crippen LogP contribution in [0.1, 0.15) is 26.4 Å². The third-order valence-electron chi connectivity index (χ3n) is 4.29. The van der Waals surface area contributed by atoms with Crippen molar-refractivity contribution in [3.8, 4) is 11.5 Å². The molecule has 0 bridgehead atoms. The van der Waals surface area contributed by atoms with Gasteiger partial charge in [-0.3, -0.25) is 14.6 Å². The summed E-state index contributed by atoms with van der Waals surface area (Å²) in [6.45, 7) is 1.91. The number of rotatable bonds is 6. The van der Waals surface area contributed by atoms with E-state index in [0.29, 0.717) is 28.4 Å². The number of aromatic nitrogens is 1. The van der Waals surface area contributed by atoms with Crippen molar-refractivity contribution in [2.75, 3.05) is 24.9 Å². The van der Waals surface area contributed by atoms with Crippen molar-refractivity contribution >= 4 is 23.2 Å². The highest BCUT2D eigenvalue weighted by Crippen LogP contribution is 2.29. The van der Waals surface area contributed by atoms with Crippen LogP contribution in [0, 0.1) is 6.92 Å². The fourth-order valence-corrected chi connectivity index (χ4v) is 2.71. The standard InChI is InChI=1S/C22H21N3O4/c1-14-6-4-5-7-17(14)25-21(26)15-10-11-23-18(12-15)22(27)24-16-8-9-19(28-2)20(13-16)29-3/h4-13H,1-3H3,(H,24,27)(H,25,26). The molecule has 7 heteroatoms. The highest BCUT2D eigenvalue weighted by atomic mass is 16.5. The second-order valence-electron chi connectivity index (χ2n) is 6.22. The summed E-state index contributed by atoms with van der Waals surface area (Å²) in [5.74, 6) is 0.285. The number of nitrogens with one attached hydrogen (secondary N) is 2. The number of hydrogen-bond acceptors (Lipinski definition) is 5. The lowest BCUT2D eigenvalue weighted by Crippen LogP contribution is -2.17. The average molecular weight is 391 g/mol. The first-order valence-electron chi connectivity index (χ1n) is 8.88. The molecular formula is C22H21N3O4. The van der Waals surface area contributed by atoms with Crippen LogP contribution in [0.4, 0.5) is 11.4 Å². The van der Waals surface area contributed by atoms with Crippen LogP contribution < -0.4 is 20.1 Å². The Morgan fingerprint density at radius 3 is 2.34 bits per heavy atom. The van der Waals surface area contributed by atoms with E-state index in [-0.39, 0.29) is 11.6 Å². The Kier molecular flexibility index (Phi) is 6.09. The van der Waals surface area contributed by atoms with Crippen molar-refractivity contribution in [3.05, 3.63) is 77.6 Å². The molecule has 0 radical (unpaired) electrons. The first-order chi connectivity index (χ1) is 14.0. The molecule has 29 heavy (non-hydrogen) atoms. The van der Waals surface area contributed by atoms with E-state index in [9.17, 15) is 9.59 Å². The summed E-state index contributed by atoms with van der Waals surface area (Å²) in [6.07, 6.45) is 1.43. The molecule has 3 rings (SSSR count). The van der Waals surface area contributed by atoms with Gasteiger partial charge in [0.15, 0.2) is 11.5 Å². The molecule has 0 spiro atoms. The van der Waals surface area contributed by atoms with Crippen molar-refractivity contribution < 1.29 is 19.1 Å². The number of aryl methyl sites for hydroxylation is 1. The molecule has 0 aliphatic carbocycles. The van der Waals surface area contributed by atoms with E-state index < -0.39 is 5.91 Å². The quantitative estimate of drug-likeness (QED) is 0.665. The molecule has 148 valence electrons. The van der Waals surface area contributed by atoms with Crippen LogP contribution >= 0.6 is 0 Å². The topological polar surface area (TPSA) is 89.5 Å². The molecule has 1 aromatic heterocycles. The van der Waals surface area contributed by atoms with E-state index >= 15 is 0 Å². The Morgan fingerprint density at radius 1 is 0.862 bits per heavy atom. The first kappa shape index (κ1) is 19.9. The SMILES string of the molecule is COc1ccc(NC(=O)c2cc(C(=O)Nc3ccccc3C)ccn2)cc1OC. The maximum atomic E-state index is 12.6. The summed E-state index contributed by atoms with van der Waals surface area (Å²) in [5, 5.41) is 5.58. The summed E-state index contributed by atoms with van der Waals surface area (Å²) in [6, 6.07) is 15.5. The van der Waals surface area contributed by atoms with Crippen LogP contribution in [0.25, 0.3) is 0 Å². The fourth-order valence-electron chi connectivity index (χ4n) is 2.71.